The first-order valence-electron chi connectivity index (χ1n) is 9.39. The molecule has 0 bridgehead atoms. The molecule has 4 rings (SSSR count). The molecule has 0 unspecified atom stereocenters. The Kier molecular flexibility index (Phi) is 5.40. The second-order valence-electron chi connectivity index (χ2n) is 6.96. The number of amides is 1. The quantitative estimate of drug-likeness (QED) is 0.612. The highest BCUT2D eigenvalue weighted by Gasteiger charge is 2.32. The number of fused-ring (bicyclic) bond motifs is 1. The molecule has 3 aromatic rings. The first-order valence-corrected chi connectivity index (χ1v) is 11.2. The molecule has 0 fully saturated rings. The Balaban J connectivity index is 1.73. The molecule has 0 atom stereocenters. The van der Waals surface area contributed by atoms with Gasteiger partial charge in [0.05, 0.1) is 15.6 Å². The summed E-state index contributed by atoms with van der Waals surface area (Å²) < 4.78 is 28.0. The third-order valence-electron chi connectivity index (χ3n) is 5.06. The molecule has 0 aromatic heterocycles. The summed E-state index contributed by atoms with van der Waals surface area (Å²) in [6, 6.07) is 20.1. The highest BCUT2D eigenvalue weighted by Crippen LogP contribution is 2.32. The first-order chi connectivity index (χ1) is 14.4. The Morgan fingerprint density at radius 3 is 2.40 bits per heavy atom. The van der Waals surface area contributed by atoms with E-state index in [9.17, 15) is 13.2 Å². The van der Waals surface area contributed by atoms with E-state index in [0.717, 1.165) is 22.0 Å². The maximum absolute atomic E-state index is 13.4. The lowest BCUT2D eigenvalue weighted by Crippen LogP contribution is -2.42. The Labute approximate surface area is 180 Å². The second kappa shape index (κ2) is 8.01. The highest BCUT2D eigenvalue weighted by molar-refractivity contribution is 7.92. The molecule has 1 amide bonds. The van der Waals surface area contributed by atoms with Crippen molar-refractivity contribution in [3.8, 4) is 0 Å². The number of rotatable bonds is 5. The molecular weight excluding hydrogens is 422 g/mol. The van der Waals surface area contributed by atoms with Crippen molar-refractivity contribution in [3.05, 3.63) is 83.4 Å². The van der Waals surface area contributed by atoms with Crippen molar-refractivity contribution in [2.45, 2.75) is 11.3 Å². The van der Waals surface area contributed by atoms with Gasteiger partial charge in [-0.1, -0.05) is 41.9 Å². The Bertz CT molecular complexity index is 1200. The predicted molar refractivity (Wildman–Crippen MR) is 119 cm³/mol. The average molecular weight is 442 g/mol. The van der Waals surface area contributed by atoms with E-state index in [4.69, 9.17) is 17.3 Å². The summed E-state index contributed by atoms with van der Waals surface area (Å²) in [5.41, 5.74) is 8.27. The van der Waals surface area contributed by atoms with Gasteiger partial charge in [0.15, 0.2) is 0 Å². The number of nitrogen functional groups attached to an aromatic ring is 1. The van der Waals surface area contributed by atoms with Gasteiger partial charge in [0.25, 0.3) is 10.0 Å². The molecule has 1 aliphatic rings. The van der Waals surface area contributed by atoms with Crippen LogP contribution in [-0.2, 0) is 21.2 Å². The van der Waals surface area contributed by atoms with Crippen LogP contribution in [0.25, 0.3) is 0 Å². The molecule has 1 heterocycles. The summed E-state index contributed by atoms with van der Waals surface area (Å²) in [4.78, 5) is 14.8. The average Bonchev–Trinajstić information content (AvgIpc) is 3.17. The van der Waals surface area contributed by atoms with Crippen LogP contribution in [0.3, 0.4) is 0 Å². The number of nitrogens with two attached hydrogens (primary N) is 1. The summed E-state index contributed by atoms with van der Waals surface area (Å²) in [7, 11) is -4.05. The monoisotopic (exact) mass is 441 g/mol. The highest BCUT2D eigenvalue weighted by atomic mass is 35.5. The van der Waals surface area contributed by atoms with Gasteiger partial charge in [-0.05, 0) is 54.4 Å². The normalized spacial score (nSPS) is 13.2. The second-order valence-corrected chi connectivity index (χ2v) is 9.23. The van der Waals surface area contributed by atoms with Crippen LogP contribution in [0.4, 0.5) is 17.1 Å². The van der Waals surface area contributed by atoms with Gasteiger partial charge in [-0.2, -0.15) is 0 Å². The van der Waals surface area contributed by atoms with E-state index in [1.54, 1.807) is 29.2 Å². The topological polar surface area (TPSA) is 83.7 Å². The van der Waals surface area contributed by atoms with Crippen LogP contribution in [0.5, 0.6) is 0 Å². The lowest BCUT2D eigenvalue weighted by molar-refractivity contribution is -0.117. The number of hydrogen-bond donors (Lipinski definition) is 1. The van der Waals surface area contributed by atoms with Gasteiger partial charge in [0.1, 0.15) is 6.54 Å². The van der Waals surface area contributed by atoms with Gasteiger partial charge >= 0.3 is 0 Å². The zero-order valence-electron chi connectivity index (χ0n) is 16.0. The van der Waals surface area contributed by atoms with Crippen LogP contribution >= 0.6 is 11.6 Å². The molecule has 154 valence electrons. The summed E-state index contributed by atoms with van der Waals surface area (Å²) >= 11 is 6.31. The van der Waals surface area contributed by atoms with E-state index >= 15 is 0 Å². The number of nitrogens with zero attached hydrogens (tertiary/aromatic N) is 2. The number of anilines is 3. The molecule has 3 aromatic carbocycles. The molecule has 1 aliphatic heterocycles. The number of benzene rings is 3. The number of hydrogen-bond acceptors (Lipinski definition) is 4. The summed E-state index contributed by atoms with van der Waals surface area (Å²) in [5, 5.41) is 0.242. The van der Waals surface area contributed by atoms with Crippen LogP contribution in [0, 0.1) is 0 Å². The van der Waals surface area contributed by atoms with Gasteiger partial charge < -0.3 is 10.6 Å². The molecule has 6 nitrogen and oxygen atoms in total. The number of carbonyl (C=O) groups is 1. The third-order valence-corrected chi connectivity index (χ3v) is 7.15. The van der Waals surface area contributed by atoms with Crippen molar-refractivity contribution in [1.82, 2.24) is 0 Å². The molecule has 0 aliphatic carbocycles. The van der Waals surface area contributed by atoms with Gasteiger partial charge in [-0.25, -0.2) is 8.42 Å². The van der Waals surface area contributed by atoms with Crippen LogP contribution in [-0.4, -0.2) is 27.4 Å². The van der Waals surface area contributed by atoms with Gasteiger partial charge in [-0.15, -0.1) is 0 Å². The molecule has 30 heavy (non-hydrogen) atoms. The maximum Gasteiger partial charge on any atom is 0.264 e. The van der Waals surface area contributed by atoms with Crippen LogP contribution in [0.2, 0.25) is 5.02 Å². The Morgan fingerprint density at radius 1 is 1.00 bits per heavy atom. The maximum atomic E-state index is 13.4. The molecule has 0 spiro atoms. The van der Waals surface area contributed by atoms with E-state index in [2.05, 4.69) is 0 Å². The smallest absolute Gasteiger partial charge is 0.264 e. The van der Waals surface area contributed by atoms with Crippen molar-refractivity contribution in [2.24, 2.45) is 0 Å². The molecule has 2 N–H and O–H groups in total. The fraction of sp³-hybridized carbons (Fsp3) is 0.136. The fourth-order valence-electron chi connectivity index (χ4n) is 3.53. The zero-order valence-corrected chi connectivity index (χ0v) is 17.6. The van der Waals surface area contributed by atoms with Gasteiger partial charge in [-0.3, -0.25) is 9.10 Å². The van der Waals surface area contributed by atoms with Crippen molar-refractivity contribution < 1.29 is 13.2 Å². The summed E-state index contributed by atoms with van der Waals surface area (Å²) in [5.74, 6) is -0.320. The minimum absolute atomic E-state index is 0.0336. The lowest BCUT2D eigenvalue weighted by atomic mass is 10.2. The number of carbonyl (C=O) groups excluding carboxylic acids is 1. The number of halogens is 1. The number of sulfonamides is 1. The zero-order chi connectivity index (χ0) is 21.3. The largest absolute Gasteiger partial charge is 0.399 e. The van der Waals surface area contributed by atoms with Crippen LogP contribution in [0.15, 0.2) is 77.7 Å². The summed E-state index contributed by atoms with van der Waals surface area (Å²) in [6.07, 6.45) is 0.735. The SMILES string of the molecule is Nc1ccc(S(=O)(=O)N(CC(=O)N2CCc3ccccc32)c2ccccc2Cl)cc1. The summed E-state index contributed by atoms with van der Waals surface area (Å²) in [6.45, 7) is 0.140. The Hall–Kier alpha value is -3.03. The Morgan fingerprint density at radius 2 is 1.67 bits per heavy atom. The molecule has 0 saturated carbocycles. The van der Waals surface area contributed by atoms with E-state index in [1.165, 1.54) is 24.3 Å². The van der Waals surface area contributed by atoms with E-state index in [-0.39, 0.29) is 28.1 Å². The van der Waals surface area contributed by atoms with Gasteiger partial charge in [0.2, 0.25) is 5.91 Å². The molecular formula is C22H20ClN3O3S. The van der Waals surface area contributed by atoms with Crippen molar-refractivity contribution in [2.75, 3.05) is 28.0 Å². The van der Waals surface area contributed by atoms with E-state index in [1.807, 2.05) is 24.3 Å². The first kappa shape index (κ1) is 20.3. The van der Waals surface area contributed by atoms with Crippen molar-refractivity contribution in [1.29, 1.82) is 0 Å². The van der Waals surface area contributed by atoms with Crippen molar-refractivity contribution >= 4 is 44.6 Å². The minimum atomic E-state index is -4.05. The lowest BCUT2D eigenvalue weighted by Gasteiger charge is -2.27. The van der Waals surface area contributed by atoms with Crippen LogP contribution in [0.1, 0.15) is 5.56 Å². The standard InChI is InChI=1S/C22H20ClN3O3S/c23-19-6-2-4-8-21(19)26(30(28,29)18-11-9-17(24)10-12-18)15-22(27)25-14-13-16-5-1-3-7-20(16)25/h1-12H,13-15,24H2. The minimum Gasteiger partial charge on any atom is -0.399 e. The van der Waals surface area contributed by atoms with E-state index < -0.39 is 10.0 Å². The molecule has 0 saturated heterocycles. The fourth-order valence-corrected chi connectivity index (χ4v) is 5.25. The molecule has 8 heteroatoms. The number of para-hydroxylation sites is 2. The van der Waals surface area contributed by atoms with Crippen molar-refractivity contribution in [3.63, 3.8) is 0 Å². The molecule has 0 radical (unpaired) electrons. The third kappa shape index (κ3) is 3.74. The van der Waals surface area contributed by atoms with E-state index in [0.29, 0.717) is 12.2 Å². The predicted octanol–water partition coefficient (Wildman–Crippen LogP) is 3.71. The van der Waals surface area contributed by atoms with Gasteiger partial charge in [0, 0.05) is 17.9 Å². The van der Waals surface area contributed by atoms with Crippen LogP contribution < -0.4 is 14.9 Å².